The first kappa shape index (κ1) is 9.07. The number of nitrogen functional groups attached to an aromatic ring is 1. The average molecular weight is 164 g/mol. The van der Waals surface area contributed by atoms with E-state index in [4.69, 9.17) is 5.84 Å². The molecular formula is C10H16N2. The molecule has 0 heterocycles. The van der Waals surface area contributed by atoms with Gasteiger partial charge in [-0.05, 0) is 30.5 Å². The third-order valence-corrected chi connectivity index (χ3v) is 2.07. The number of nitrogens with one attached hydrogen (secondary N) is 1. The van der Waals surface area contributed by atoms with E-state index in [1.165, 1.54) is 11.1 Å². The lowest BCUT2D eigenvalue weighted by Gasteiger charge is -2.10. The summed E-state index contributed by atoms with van der Waals surface area (Å²) in [5.74, 6) is 5.40. The first-order chi connectivity index (χ1) is 5.79. The number of hydrazine groups is 1. The first-order valence-corrected chi connectivity index (χ1v) is 4.34. The van der Waals surface area contributed by atoms with E-state index in [1.807, 2.05) is 12.1 Å². The molecule has 2 heteroatoms. The molecule has 66 valence electrons. The molecule has 1 aromatic rings. The van der Waals surface area contributed by atoms with Crippen molar-refractivity contribution in [2.75, 3.05) is 5.43 Å². The molecule has 0 atom stereocenters. The molecule has 0 saturated heterocycles. The van der Waals surface area contributed by atoms with Crippen molar-refractivity contribution in [2.45, 2.75) is 26.7 Å². The first-order valence-electron chi connectivity index (χ1n) is 4.34. The van der Waals surface area contributed by atoms with Crippen LogP contribution in [0, 0.1) is 6.92 Å². The minimum absolute atomic E-state index is 1.05. The Balaban J connectivity index is 3.02. The summed E-state index contributed by atoms with van der Waals surface area (Å²) in [5, 5.41) is 0. The number of hydrogen-bond acceptors (Lipinski definition) is 2. The Kier molecular flexibility index (Phi) is 3.11. The van der Waals surface area contributed by atoms with Gasteiger partial charge in [0.2, 0.25) is 0 Å². The molecule has 0 aliphatic carbocycles. The van der Waals surface area contributed by atoms with Crippen LogP contribution in [0.3, 0.4) is 0 Å². The van der Waals surface area contributed by atoms with Crippen molar-refractivity contribution < 1.29 is 0 Å². The summed E-state index contributed by atoms with van der Waals surface area (Å²) in [6.07, 6.45) is 2.24. The minimum atomic E-state index is 1.05. The van der Waals surface area contributed by atoms with Crippen LogP contribution in [-0.4, -0.2) is 0 Å². The van der Waals surface area contributed by atoms with E-state index >= 15 is 0 Å². The minimum Gasteiger partial charge on any atom is -0.324 e. The highest BCUT2D eigenvalue weighted by molar-refractivity contribution is 5.53. The molecule has 0 radical (unpaired) electrons. The Hall–Kier alpha value is -1.02. The lowest BCUT2D eigenvalue weighted by molar-refractivity contribution is 0.912. The van der Waals surface area contributed by atoms with E-state index in [-0.39, 0.29) is 0 Å². The van der Waals surface area contributed by atoms with Crippen LogP contribution in [0.4, 0.5) is 5.69 Å². The van der Waals surface area contributed by atoms with Crippen molar-refractivity contribution in [3.8, 4) is 0 Å². The summed E-state index contributed by atoms with van der Waals surface area (Å²) in [6, 6.07) is 6.15. The zero-order valence-corrected chi connectivity index (χ0v) is 7.72. The summed E-state index contributed by atoms with van der Waals surface area (Å²) >= 11 is 0. The van der Waals surface area contributed by atoms with Gasteiger partial charge in [-0.2, -0.15) is 0 Å². The van der Waals surface area contributed by atoms with Gasteiger partial charge in [0.15, 0.2) is 0 Å². The van der Waals surface area contributed by atoms with Crippen LogP contribution in [0.2, 0.25) is 0 Å². The Morgan fingerprint density at radius 2 is 2.17 bits per heavy atom. The Bertz CT molecular complexity index is 256. The van der Waals surface area contributed by atoms with Crippen LogP contribution in [0.1, 0.15) is 24.5 Å². The summed E-state index contributed by atoms with van der Waals surface area (Å²) in [7, 11) is 0. The molecule has 0 spiro atoms. The molecule has 1 aromatic carbocycles. The van der Waals surface area contributed by atoms with Crippen LogP contribution >= 0.6 is 0 Å². The Labute approximate surface area is 73.8 Å². The predicted octanol–water partition coefficient (Wildman–Crippen LogP) is 2.23. The molecule has 12 heavy (non-hydrogen) atoms. The lowest BCUT2D eigenvalue weighted by atomic mass is 10.0. The second-order valence-corrected chi connectivity index (χ2v) is 3.00. The van der Waals surface area contributed by atoms with Crippen LogP contribution in [0.15, 0.2) is 18.2 Å². The normalized spacial score (nSPS) is 9.92. The Morgan fingerprint density at radius 1 is 1.42 bits per heavy atom. The zero-order chi connectivity index (χ0) is 8.97. The topological polar surface area (TPSA) is 38.0 Å². The molecule has 0 amide bonds. The number of aryl methyl sites for hydroxylation is 1. The molecule has 0 aliphatic heterocycles. The van der Waals surface area contributed by atoms with E-state index in [0.29, 0.717) is 0 Å². The van der Waals surface area contributed by atoms with Gasteiger partial charge >= 0.3 is 0 Å². The second kappa shape index (κ2) is 4.12. The van der Waals surface area contributed by atoms with E-state index in [1.54, 1.807) is 0 Å². The smallest absolute Gasteiger partial charge is 0.0519 e. The van der Waals surface area contributed by atoms with Crippen LogP contribution < -0.4 is 11.3 Å². The third kappa shape index (κ3) is 1.77. The van der Waals surface area contributed by atoms with Gasteiger partial charge in [0, 0.05) is 0 Å². The largest absolute Gasteiger partial charge is 0.324 e. The Morgan fingerprint density at radius 3 is 2.75 bits per heavy atom. The molecule has 0 aromatic heterocycles. The fourth-order valence-electron chi connectivity index (χ4n) is 1.42. The molecule has 1 rings (SSSR count). The quantitative estimate of drug-likeness (QED) is 0.531. The average Bonchev–Trinajstić information content (AvgIpc) is 2.09. The molecule has 2 nitrogen and oxygen atoms in total. The van der Waals surface area contributed by atoms with Gasteiger partial charge in [0.25, 0.3) is 0 Å². The van der Waals surface area contributed by atoms with Gasteiger partial charge in [-0.1, -0.05) is 25.5 Å². The highest BCUT2D eigenvalue weighted by Gasteiger charge is 2.01. The summed E-state index contributed by atoms with van der Waals surface area (Å²) in [5.41, 5.74) is 6.42. The van der Waals surface area contributed by atoms with Crippen molar-refractivity contribution in [1.29, 1.82) is 0 Å². The highest BCUT2D eigenvalue weighted by atomic mass is 15.2. The van der Waals surface area contributed by atoms with Gasteiger partial charge in [0.1, 0.15) is 0 Å². The van der Waals surface area contributed by atoms with Crippen molar-refractivity contribution in [3.63, 3.8) is 0 Å². The molecule has 0 unspecified atom stereocenters. The number of rotatable bonds is 3. The fraction of sp³-hybridized carbons (Fsp3) is 0.400. The maximum Gasteiger partial charge on any atom is 0.0519 e. The predicted molar refractivity (Wildman–Crippen MR) is 53.0 cm³/mol. The monoisotopic (exact) mass is 164 g/mol. The number of anilines is 1. The van der Waals surface area contributed by atoms with Gasteiger partial charge in [-0.25, -0.2) is 0 Å². The summed E-state index contributed by atoms with van der Waals surface area (Å²) in [6.45, 7) is 4.29. The molecule has 0 bridgehead atoms. The van der Waals surface area contributed by atoms with Crippen molar-refractivity contribution in [3.05, 3.63) is 29.3 Å². The van der Waals surface area contributed by atoms with E-state index < -0.39 is 0 Å². The number of hydrogen-bond donors (Lipinski definition) is 2. The van der Waals surface area contributed by atoms with Gasteiger partial charge in [-0.3, -0.25) is 5.84 Å². The summed E-state index contributed by atoms with van der Waals surface area (Å²) < 4.78 is 0. The van der Waals surface area contributed by atoms with Crippen molar-refractivity contribution >= 4 is 5.69 Å². The SMILES string of the molecule is CCCc1c(C)cccc1NN. The van der Waals surface area contributed by atoms with E-state index in [2.05, 4.69) is 25.3 Å². The van der Waals surface area contributed by atoms with Crippen LogP contribution in [-0.2, 0) is 6.42 Å². The highest BCUT2D eigenvalue weighted by Crippen LogP contribution is 2.19. The van der Waals surface area contributed by atoms with Crippen LogP contribution in [0.25, 0.3) is 0 Å². The van der Waals surface area contributed by atoms with Gasteiger partial charge in [0.05, 0.1) is 5.69 Å². The molecule has 0 aliphatic rings. The van der Waals surface area contributed by atoms with Crippen molar-refractivity contribution in [2.24, 2.45) is 5.84 Å². The third-order valence-electron chi connectivity index (χ3n) is 2.07. The fourth-order valence-corrected chi connectivity index (χ4v) is 1.42. The van der Waals surface area contributed by atoms with E-state index in [9.17, 15) is 0 Å². The molecule has 0 saturated carbocycles. The maximum atomic E-state index is 5.40. The standard InChI is InChI=1S/C10H16N2/c1-3-5-9-8(2)6-4-7-10(9)12-11/h4,6-7,12H,3,5,11H2,1-2H3. The van der Waals surface area contributed by atoms with Gasteiger partial charge in [-0.15, -0.1) is 0 Å². The number of nitrogens with two attached hydrogens (primary N) is 1. The molecule has 0 fully saturated rings. The maximum absolute atomic E-state index is 5.40. The second-order valence-electron chi connectivity index (χ2n) is 3.00. The van der Waals surface area contributed by atoms with Gasteiger partial charge < -0.3 is 5.43 Å². The van der Waals surface area contributed by atoms with E-state index in [0.717, 1.165) is 18.5 Å². The molecular weight excluding hydrogens is 148 g/mol. The zero-order valence-electron chi connectivity index (χ0n) is 7.72. The van der Waals surface area contributed by atoms with Crippen LogP contribution in [0.5, 0.6) is 0 Å². The van der Waals surface area contributed by atoms with Crippen molar-refractivity contribution in [1.82, 2.24) is 0 Å². The summed E-state index contributed by atoms with van der Waals surface area (Å²) in [4.78, 5) is 0. The lowest BCUT2D eigenvalue weighted by Crippen LogP contribution is -2.09. The number of benzene rings is 1. The molecule has 3 N–H and O–H groups in total.